The van der Waals surface area contributed by atoms with Crippen molar-refractivity contribution in [1.29, 1.82) is 0 Å². The lowest BCUT2D eigenvalue weighted by atomic mass is 9.97. The third-order valence-corrected chi connectivity index (χ3v) is 6.55. The fourth-order valence-corrected chi connectivity index (χ4v) is 4.71. The quantitative estimate of drug-likeness (QED) is 0.133. The van der Waals surface area contributed by atoms with E-state index in [1.807, 2.05) is 36.4 Å². The molecule has 0 amide bonds. The van der Waals surface area contributed by atoms with Crippen LogP contribution in [0.3, 0.4) is 0 Å². The fraction of sp³-hybridized carbons (Fsp3) is 0.323. The number of benzene rings is 3. The Balaban J connectivity index is 1.52. The van der Waals surface area contributed by atoms with E-state index in [0.29, 0.717) is 39.5 Å². The highest BCUT2D eigenvalue weighted by atomic mass is 35.5. The first-order valence-corrected chi connectivity index (χ1v) is 13.3. The minimum absolute atomic E-state index is 0.131. The molecule has 37 heavy (non-hydrogen) atoms. The molecule has 0 saturated carbocycles. The topological polar surface area (TPSA) is 51.9 Å². The second kappa shape index (κ2) is 12.8. The average molecular weight is 520 g/mol. The zero-order chi connectivity index (χ0) is 26.2. The van der Waals surface area contributed by atoms with Gasteiger partial charge in [0, 0.05) is 28.1 Å². The lowest BCUT2D eigenvalue weighted by Crippen LogP contribution is -2.27. The molecular weight excluding hydrogens is 486 g/mol. The summed E-state index contributed by atoms with van der Waals surface area (Å²) in [7, 11) is 1.62. The van der Waals surface area contributed by atoms with Crippen LogP contribution in [0, 0.1) is 0 Å². The van der Waals surface area contributed by atoms with E-state index < -0.39 is 0 Å². The Bertz CT molecular complexity index is 1310. The van der Waals surface area contributed by atoms with Gasteiger partial charge in [-0.25, -0.2) is 0 Å². The smallest absolute Gasteiger partial charge is 0.197 e. The summed E-state index contributed by atoms with van der Waals surface area (Å²) in [6.07, 6.45) is 3.29. The molecule has 4 aromatic rings. The van der Waals surface area contributed by atoms with Gasteiger partial charge in [-0.3, -0.25) is 4.79 Å². The van der Waals surface area contributed by atoms with Gasteiger partial charge in [-0.2, -0.15) is 0 Å². The van der Waals surface area contributed by atoms with Gasteiger partial charge in [0.15, 0.2) is 5.78 Å². The summed E-state index contributed by atoms with van der Waals surface area (Å²) in [5.74, 6) is 1.86. The molecule has 1 heterocycles. The molecule has 0 radical (unpaired) electrons. The van der Waals surface area contributed by atoms with E-state index in [1.54, 1.807) is 37.4 Å². The van der Waals surface area contributed by atoms with Crippen LogP contribution < -0.4 is 9.47 Å². The van der Waals surface area contributed by atoms with Crippen LogP contribution >= 0.6 is 11.6 Å². The Morgan fingerprint density at radius 2 is 1.57 bits per heavy atom. The van der Waals surface area contributed by atoms with E-state index in [0.717, 1.165) is 56.0 Å². The fourth-order valence-electron chi connectivity index (χ4n) is 4.53. The maximum Gasteiger partial charge on any atom is 0.197 e. The van der Waals surface area contributed by atoms with Crippen molar-refractivity contribution in [2.45, 2.75) is 33.1 Å². The highest BCUT2D eigenvalue weighted by Gasteiger charge is 2.23. The molecule has 5 nitrogen and oxygen atoms in total. The van der Waals surface area contributed by atoms with E-state index in [2.05, 4.69) is 18.7 Å². The molecule has 0 aliphatic heterocycles. The van der Waals surface area contributed by atoms with Crippen LogP contribution in [0.1, 0.15) is 49.0 Å². The second-order valence-corrected chi connectivity index (χ2v) is 9.51. The number of ether oxygens (including phenoxy) is 2. The highest BCUT2D eigenvalue weighted by Crippen LogP contribution is 2.37. The number of ketones is 1. The summed E-state index contributed by atoms with van der Waals surface area (Å²) in [5.41, 5.74) is 2.44. The van der Waals surface area contributed by atoms with E-state index in [4.69, 9.17) is 25.5 Å². The Kier molecular flexibility index (Phi) is 9.26. The number of carbonyl (C=O) groups is 1. The number of fused-ring (bicyclic) bond motifs is 1. The monoisotopic (exact) mass is 519 g/mol. The van der Waals surface area contributed by atoms with Gasteiger partial charge in [0.1, 0.15) is 22.8 Å². The summed E-state index contributed by atoms with van der Waals surface area (Å²) in [4.78, 5) is 16.2. The van der Waals surface area contributed by atoms with E-state index in [1.165, 1.54) is 0 Å². The van der Waals surface area contributed by atoms with Gasteiger partial charge in [0.2, 0.25) is 0 Å². The molecule has 0 N–H and O–H groups in total. The number of halogens is 1. The number of nitrogens with zero attached hydrogens (tertiary/aromatic N) is 1. The summed E-state index contributed by atoms with van der Waals surface area (Å²) in [6, 6.07) is 20.1. The number of hydrogen-bond acceptors (Lipinski definition) is 5. The molecule has 4 rings (SSSR count). The van der Waals surface area contributed by atoms with Crippen LogP contribution in [0.4, 0.5) is 0 Å². The molecule has 6 heteroatoms. The second-order valence-electron chi connectivity index (χ2n) is 9.07. The molecule has 1 aromatic heterocycles. The molecule has 0 aliphatic rings. The third kappa shape index (κ3) is 6.54. The molecule has 0 saturated heterocycles. The number of hydrogen-bond donors (Lipinski definition) is 0. The van der Waals surface area contributed by atoms with Gasteiger partial charge < -0.3 is 18.8 Å². The van der Waals surface area contributed by atoms with Crippen LogP contribution in [0.15, 0.2) is 71.1 Å². The molecular formula is C31H34ClNO4. The van der Waals surface area contributed by atoms with E-state index in [-0.39, 0.29) is 5.78 Å². The average Bonchev–Trinajstić information content (AvgIpc) is 3.30. The zero-order valence-electron chi connectivity index (χ0n) is 21.8. The first-order valence-electron chi connectivity index (χ1n) is 12.9. The summed E-state index contributed by atoms with van der Waals surface area (Å²) in [5, 5.41) is 1.23. The van der Waals surface area contributed by atoms with E-state index in [9.17, 15) is 4.79 Å². The van der Waals surface area contributed by atoms with Crippen LogP contribution in [0.2, 0.25) is 5.02 Å². The van der Waals surface area contributed by atoms with Gasteiger partial charge in [0.05, 0.1) is 19.3 Å². The lowest BCUT2D eigenvalue weighted by molar-refractivity contribution is 0.104. The zero-order valence-corrected chi connectivity index (χ0v) is 22.5. The molecule has 0 spiro atoms. The first kappa shape index (κ1) is 26.8. The normalized spacial score (nSPS) is 11.3. The molecule has 194 valence electrons. The number of rotatable bonds is 13. The standard InChI is InChI=1S/C31H34ClNO4/c1-4-17-33(18-5-2)19-6-20-36-26-14-7-22(8-15-26)30(34)29-27-21-24(32)11-16-28(27)37-31(29)23-9-12-25(35-3)13-10-23/h7-16,21H,4-6,17-20H2,1-3H3. The molecule has 3 aromatic carbocycles. The Labute approximate surface area is 223 Å². The van der Waals surface area contributed by atoms with Crippen LogP contribution in [0.5, 0.6) is 11.5 Å². The number of methoxy groups -OCH3 is 1. The molecule has 0 fully saturated rings. The predicted molar refractivity (Wildman–Crippen MR) is 150 cm³/mol. The van der Waals surface area contributed by atoms with Crippen molar-refractivity contribution >= 4 is 28.4 Å². The van der Waals surface area contributed by atoms with Crippen molar-refractivity contribution in [2.24, 2.45) is 0 Å². The van der Waals surface area contributed by atoms with Crippen LogP contribution in [0.25, 0.3) is 22.3 Å². The SMILES string of the molecule is CCCN(CCC)CCCOc1ccc(C(=O)c2c(-c3ccc(OC)cc3)oc3ccc(Cl)cc23)cc1. The Morgan fingerprint density at radius 3 is 2.22 bits per heavy atom. The van der Waals surface area contributed by atoms with Crippen LogP contribution in [-0.4, -0.2) is 44.0 Å². The first-order chi connectivity index (χ1) is 18.0. The van der Waals surface area contributed by atoms with Gasteiger partial charge >= 0.3 is 0 Å². The Hall–Kier alpha value is -3.28. The minimum atomic E-state index is -0.131. The molecule has 0 bridgehead atoms. The lowest BCUT2D eigenvalue weighted by Gasteiger charge is -2.20. The van der Waals surface area contributed by atoms with E-state index >= 15 is 0 Å². The van der Waals surface area contributed by atoms with Crippen molar-refractivity contribution < 1.29 is 18.7 Å². The summed E-state index contributed by atoms with van der Waals surface area (Å²) in [6.45, 7) is 8.34. The van der Waals surface area contributed by atoms with Crippen molar-refractivity contribution in [1.82, 2.24) is 4.90 Å². The number of furan rings is 1. The molecule has 0 atom stereocenters. The van der Waals surface area contributed by atoms with Crippen molar-refractivity contribution in [3.63, 3.8) is 0 Å². The van der Waals surface area contributed by atoms with Gasteiger partial charge in [-0.1, -0.05) is 25.4 Å². The number of carbonyl (C=O) groups excluding carboxylic acids is 1. The molecule has 0 aliphatic carbocycles. The van der Waals surface area contributed by atoms with Gasteiger partial charge in [-0.05, 0) is 99.1 Å². The molecule has 0 unspecified atom stereocenters. The summed E-state index contributed by atoms with van der Waals surface area (Å²) < 4.78 is 17.4. The summed E-state index contributed by atoms with van der Waals surface area (Å²) >= 11 is 6.28. The third-order valence-electron chi connectivity index (χ3n) is 6.31. The van der Waals surface area contributed by atoms with Crippen molar-refractivity contribution in [3.8, 4) is 22.8 Å². The van der Waals surface area contributed by atoms with Crippen LogP contribution in [-0.2, 0) is 0 Å². The van der Waals surface area contributed by atoms with Gasteiger partial charge in [0.25, 0.3) is 0 Å². The Morgan fingerprint density at radius 1 is 0.892 bits per heavy atom. The minimum Gasteiger partial charge on any atom is -0.497 e. The highest BCUT2D eigenvalue weighted by molar-refractivity contribution is 6.32. The van der Waals surface area contributed by atoms with Crippen molar-refractivity contribution in [3.05, 3.63) is 82.9 Å². The maximum absolute atomic E-state index is 13.7. The largest absolute Gasteiger partial charge is 0.497 e. The van der Waals surface area contributed by atoms with Gasteiger partial charge in [-0.15, -0.1) is 0 Å². The van der Waals surface area contributed by atoms with Crippen molar-refractivity contribution in [2.75, 3.05) is 33.4 Å². The predicted octanol–water partition coefficient (Wildman–Crippen LogP) is 7.88. The maximum atomic E-state index is 13.7.